The lowest BCUT2D eigenvalue weighted by atomic mass is 10.2. The normalized spacial score (nSPS) is 10.9. The van der Waals surface area contributed by atoms with Crippen LogP contribution in [0, 0.1) is 0 Å². The molecule has 0 aliphatic heterocycles. The molecular formula is C18H17BrClN3OS. The first-order chi connectivity index (χ1) is 12.1. The molecule has 1 heterocycles. The maximum absolute atomic E-state index is 6.16. The summed E-state index contributed by atoms with van der Waals surface area (Å²) in [5, 5.41) is 10.3. The first-order valence-corrected chi connectivity index (χ1v) is 9.92. The highest BCUT2D eigenvalue weighted by Gasteiger charge is 2.17. The quantitative estimate of drug-likeness (QED) is 0.464. The highest BCUT2D eigenvalue weighted by atomic mass is 79.9. The van der Waals surface area contributed by atoms with E-state index in [4.69, 9.17) is 16.3 Å². The zero-order valence-corrected chi connectivity index (χ0v) is 17.0. The lowest BCUT2D eigenvalue weighted by molar-refractivity contribution is 0.416. The fourth-order valence-electron chi connectivity index (χ4n) is 2.46. The molecule has 0 fully saturated rings. The van der Waals surface area contributed by atoms with Gasteiger partial charge in [-0.15, -0.1) is 10.2 Å². The Labute approximate surface area is 164 Å². The topological polar surface area (TPSA) is 39.9 Å². The number of nitrogens with zero attached hydrogens (tertiary/aromatic N) is 3. The highest BCUT2D eigenvalue weighted by Crippen LogP contribution is 2.33. The standard InChI is InChI=1S/C18H17BrClN3OS/c1-3-23-17(15-10-14(20)8-9-16(15)24-2)21-22-18(23)25-11-12-4-6-13(19)7-5-12/h4-10H,3,11H2,1-2H3. The number of thioether (sulfide) groups is 1. The number of halogens is 2. The van der Waals surface area contributed by atoms with Crippen molar-refractivity contribution in [2.75, 3.05) is 7.11 Å². The fraction of sp³-hybridized carbons (Fsp3) is 0.222. The third-order valence-electron chi connectivity index (χ3n) is 3.72. The van der Waals surface area contributed by atoms with Crippen LogP contribution in [0.15, 0.2) is 52.1 Å². The Morgan fingerprint density at radius 2 is 1.92 bits per heavy atom. The molecule has 0 aliphatic rings. The first-order valence-electron chi connectivity index (χ1n) is 7.76. The molecule has 0 radical (unpaired) electrons. The lowest BCUT2D eigenvalue weighted by Crippen LogP contribution is -2.01. The molecule has 0 amide bonds. The number of hydrogen-bond donors (Lipinski definition) is 0. The first kappa shape index (κ1) is 18.3. The average molecular weight is 439 g/mol. The third-order valence-corrected chi connectivity index (χ3v) is 5.52. The van der Waals surface area contributed by atoms with Crippen molar-refractivity contribution in [1.29, 1.82) is 0 Å². The van der Waals surface area contributed by atoms with Gasteiger partial charge in [0.25, 0.3) is 0 Å². The molecule has 4 nitrogen and oxygen atoms in total. The van der Waals surface area contributed by atoms with Gasteiger partial charge in [-0.05, 0) is 42.8 Å². The van der Waals surface area contributed by atoms with E-state index < -0.39 is 0 Å². The Morgan fingerprint density at radius 1 is 1.16 bits per heavy atom. The van der Waals surface area contributed by atoms with E-state index in [1.165, 1.54) is 5.56 Å². The molecule has 0 saturated carbocycles. The molecule has 130 valence electrons. The summed E-state index contributed by atoms with van der Waals surface area (Å²) >= 11 is 11.3. The summed E-state index contributed by atoms with van der Waals surface area (Å²) in [5.74, 6) is 2.33. The molecule has 0 spiro atoms. The molecule has 1 aromatic heterocycles. The van der Waals surface area contributed by atoms with Gasteiger partial charge < -0.3 is 9.30 Å². The van der Waals surface area contributed by atoms with Crippen LogP contribution in [-0.4, -0.2) is 21.9 Å². The van der Waals surface area contributed by atoms with Crippen LogP contribution >= 0.6 is 39.3 Å². The van der Waals surface area contributed by atoms with E-state index in [-0.39, 0.29) is 0 Å². The molecule has 0 saturated heterocycles. The monoisotopic (exact) mass is 437 g/mol. The molecule has 0 aliphatic carbocycles. The fourth-order valence-corrected chi connectivity index (χ4v) is 3.86. The van der Waals surface area contributed by atoms with E-state index in [0.29, 0.717) is 5.02 Å². The van der Waals surface area contributed by atoms with Gasteiger partial charge in [0, 0.05) is 21.8 Å². The van der Waals surface area contributed by atoms with Crippen molar-refractivity contribution in [3.8, 4) is 17.1 Å². The maximum Gasteiger partial charge on any atom is 0.191 e. The molecule has 0 unspecified atom stereocenters. The average Bonchev–Trinajstić information content (AvgIpc) is 3.04. The van der Waals surface area contributed by atoms with Gasteiger partial charge in [0.05, 0.1) is 12.7 Å². The Bertz CT molecular complexity index is 867. The van der Waals surface area contributed by atoms with Crippen molar-refractivity contribution in [3.63, 3.8) is 0 Å². The van der Waals surface area contributed by atoms with E-state index in [1.807, 2.05) is 24.3 Å². The summed E-state index contributed by atoms with van der Waals surface area (Å²) in [6.45, 7) is 2.84. The predicted molar refractivity (Wildman–Crippen MR) is 106 cm³/mol. The van der Waals surface area contributed by atoms with Gasteiger partial charge in [-0.1, -0.05) is 51.4 Å². The Kier molecular flexibility index (Phi) is 6.04. The summed E-state index contributed by atoms with van der Waals surface area (Å²) in [7, 11) is 1.64. The van der Waals surface area contributed by atoms with Gasteiger partial charge >= 0.3 is 0 Å². The van der Waals surface area contributed by atoms with E-state index in [9.17, 15) is 0 Å². The lowest BCUT2D eigenvalue weighted by Gasteiger charge is -2.11. The molecule has 0 N–H and O–H groups in total. The number of hydrogen-bond acceptors (Lipinski definition) is 4. The van der Waals surface area contributed by atoms with Crippen molar-refractivity contribution in [3.05, 3.63) is 57.5 Å². The molecule has 25 heavy (non-hydrogen) atoms. The molecular weight excluding hydrogens is 422 g/mol. The zero-order valence-electron chi connectivity index (χ0n) is 13.9. The number of ether oxygens (including phenoxy) is 1. The van der Waals surface area contributed by atoms with Crippen LogP contribution in [0.2, 0.25) is 5.02 Å². The summed E-state index contributed by atoms with van der Waals surface area (Å²) in [6.07, 6.45) is 0. The number of benzene rings is 2. The minimum absolute atomic E-state index is 0.644. The van der Waals surface area contributed by atoms with Crippen LogP contribution in [0.3, 0.4) is 0 Å². The molecule has 2 aromatic carbocycles. The molecule has 3 aromatic rings. The van der Waals surface area contributed by atoms with Gasteiger partial charge in [0.1, 0.15) is 5.75 Å². The van der Waals surface area contributed by atoms with Crippen LogP contribution < -0.4 is 4.74 Å². The van der Waals surface area contributed by atoms with Crippen LogP contribution in [0.5, 0.6) is 5.75 Å². The second-order valence-corrected chi connectivity index (χ2v) is 7.60. The van der Waals surface area contributed by atoms with E-state index in [1.54, 1.807) is 24.9 Å². The van der Waals surface area contributed by atoms with Gasteiger partial charge in [-0.2, -0.15) is 0 Å². The smallest absolute Gasteiger partial charge is 0.191 e. The zero-order chi connectivity index (χ0) is 17.8. The van der Waals surface area contributed by atoms with Crippen LogP contribution in [-0.2, 0) is 12.3 Å². The summed E-state index contributed by atoms with van der Waals surface area (Å²) in [4.78, 5) is 0. The van der Waals surface area contributed by atoms with Gasteiger partial charge in [0.2, 0.25) is 0 Å². The second-order valence-electron chi connectivity index (χ2n) is 5.31. The van der Waals surface area contributed by atoms with E-state index >= 15 is 0 Å². The largest absolute Gasteiger partial charge is 0.496 e. The van der Waals surface area contributed by atoms with Crippen molar-refractivity contribution >= 4 is 39.3 Å². The van der Waals surface area contributed by atoms with Crippen molar-refractivity contribution in [2.24, 2.45) is 0 Å². The van der Waals surface area contributed by atoms with Gasteiger partial charge in [0.15, 0.2) is 11.0 Å². The number of aromatic nitrogens is 3. The minimum atomic E-state index is 0.644. The SMILES string of the molecule is CCn1c(SCc2ccc(Br)cc2)nnc1-c1cc(Cl)ccc1OC. The summed E-state index contributed by atoms with van der Waals surface area (Å²) in [5.41, 5.74) is 2.08. The summed E-state index contributed by atoms with van der Waals surface area (Å²) < 4.78 is 8.61. The molecule has 3 rings (SSSR count). The van der Waals surface area contributed by atoms with Crippen LogP contribution in [0.4, 0.5) is 0 Å². The van der Waals surface area contributed by atoms with E-state index in [0.717, 1.165) is 39.1 Å². The molecule has 0 bridgehead atoms. The third kappa shape index (κ3) is 4.19. The molecule has 0 atom stereocenters. The predicted octanol–water partition coefficient (Wildman–Crippen LogP) is 5.68. The Hall–Kier alpha value is -1.50. The maximum atomic E-state index is 6.16. The van der Waals surface area contributed by atoms with Gasteiger partial charge in [-0.3, -0.25) is 0 Å². The highest BCUT2D eigenvalue weighted by molar-refractivity contribution is 9.10. The number of rotatable bonds is 6. The minimum Gasteiger partial charge on any atom is -0.496 e. The van der Waals surface area contributed by atoms with Crippen molar-refractivity contribution in [2.45, 2.75) is 24.4 Å². The van der Waals surface area contributed by atoms with Gasteiger partial charge in [-0.25, -0.2) is 0 Å². The van der Waals surface area contributed by atoms with Crippen LogP contribution in [0.1, 0.15) is 12.5 Å². The van der Waals surface area contributed by atoms with Crippen LogP contribution in [0.25, 0.3) is 11.4 Å². The Morgan fingerprint density at radius 3 is 2.60 bits per heavy atom. The van der Waals surface area contributed by atoms with Crippen molar-refractivity contribution in [1.82, 2.24) is 14.8 Å². The van der Waals surface area contributed by atoms with E-state index in [2.05, 4.69) is 49.8 Å². The summed E-state index contributed by atoms with van der Waals surface area (Å²) in [6, 6.07) is 13.8. The second kappa shape index (κ2) is 8.25. The van der Waals surface area contributed by atoms with Crippen molar-refractivity contribution < 1.29 is 4.74 Å². The Balaban J connectivity index is 1.88. The number of methoxy groups -OCH3 is 1. The molecule has 7 heteroatoms.